The molecule has 2 fully saturated rings. The average molecular weight is 301 g/mol. The highest BCUT2D eigenvalue weighted by atomic mass is 32.1. The summed E-state index contributed by atoms with van der Waals surface area (Å²) < 4.78 is 1.32. The van der Waals surface area contributed by atoms with Gasteiger partial charge in [-0.15, -0.1) is 11.3 Å². The van der Waals surface area contributed by atoms with Gasteiger partial charge in [-0.3, -0.25) is 0 Å². The number of hydrogen-bond donors (Lipinski definition) is 1. The fourth-order valence-electron chi connectivity index (χ4n) is 4.26. The highest BCUT2D eigenvalue weighted by Crippen LogP contribution is 2.38. The van der Waals surface area contributed by atoms with Gasteiger partial charge in [0.05, 0.1) is 15.7 Å². The minimum Gasteiger partial charge on any atom is -0.365 e. The molecule has 1 aromatic heterocycles. The van der Waals surface area contributed by atoms with E-state index in [9.17, 15) is 0 Å². The van der Waals surface area contributed by atoms with Gasteiger partial charge in [-0.05, 0) is 56.8 Å². The molecule has 2 bridgehead atoms. The van der Waals surface area contributed by atoms with Crippen LogP contribution in [0.2, 0.25) is 0 Å². The minimum atomic E-state index is 0.715. The Hall–Kier alpha value is -1.13. The minimum absolute atomic E-state index is 0.715. The van der Waals surface area contributed by atoms with E-state index in [4.69, 9.17) is 0 Å². The van der Waals surface area contributed by atoms with Gasteiger partial charge in [0.2, 0.25) is 0 Å². The lowest BCUT2D eigenvalue weighted by Crippen LogP contribution is -2.56. The quantitative estimate of drug-likeness (QED) is 0.934. The van der Waals surface area contributed by atoms with E-state index in [0.717, 1.165) is 12.1 Å². The van der Waals surface area contributed by atoms with Gasteiger partial charge in [-0.25, -0.2) is 4.98 Å². The first kappa shape index (κ1) is 13.5. The molecule has 4 heteroatoms. The molecule has 2 aliphatic heterocycles. The third-order valence-electron chi connectivity index (χ3n) is 5.08. The maximum atomic E-state index is 4.40. The van der Waals surface area contributed by atoms with Crippen LogP contribution < -0.4 is 10.2 Å². The first-order valence-electron chi connectivity index (χ1n) is 8.20. The molecular formula is C17H23N3S. The Morgan fingerprint density at radius 3 is 2.86 bits per heavy atom. The van der Waals surface area contributed by atoms with E-state index in [1.165, 1.54) is 42.5 Å². The maximum Gasteiger partial charge on any atom is 0.0813 e. The zero-order valence-corrected chi connectivity index (χ0v) is 13.4. The number of thiazole rings is 1. The van der Waals surface area contributed by atoms with Gasteiger partial charge in [0.15, 0.2) is 0 Å². The van der Waals surface area contributed by atoms with Crippen LogP contribution in [0.25, 0.3) is 10.2 Å². The molecule has 4 rings (SSSR count). The molecular weight excluding hydrogens is 278 g/mol. The third kappa shape index (κ3) is 2.44. The smallest absolute Gasteiger partial charge is 0.0813 e. The number of anilines is 1. The molecule has 2 aliphatic rings. The summed E-state index contributed by atoms with van der Waals surface area (Å²) in [6, 6.07) is 8.97. The summed E-state index contributed by atoms with van der Waals surface area (Å²) in [5.41, 5.74) is 4.50. The summed E-state index contributed by atoms with van der Waals surface area (Å²) in [5.74, 6) is 0. The summed E-state index contributed by atoms with van der Waals surface area (Å²) in [7, 11) is 0. The Balaban J connectivity index is 1.64. The molecule has 3 nitrogen and oxygen atoms in total. The number of hydrogen-bond acceptors (Lipinski definition) is 4. The van der Waals surface area contributed by atoms with Crippen molar-refractivity contribution in [2.45, 2.75) is 57.2 Å². The fraction of sp³-hybridized carbons (Fsp3) is 0.588. The van der Waals surface area contributed by atoms with E-state index in [1.54, 1.807) is 11.3 Å². The molecule has 0 amide bonds. The first-order chi connectivity index (χ1) is 10.3. The Morgan fingerprint density at radius 1 is 1.29 bits per heavy atom. The fourth-order valence-corrected chi connectivity index (χ4v) is 4.97. The Bertz CT molecular complexity index is 609. The second-order valence-corrected chi connectivity index (χ2v) is 7.26. The molecule has 2 atom stereocenters. The number of fused-ring (bicyclic) bond motifs is 3. The van der Waals surface area contributed by atoms with Crippen molar-refractivity contribution >= 4 is 27.2 Å². The predicted molar refractivity (Wildman–Crippen MR) is 90.2 cm³/mol. The van der Waals surface area contributed by atoms with Crippen molar-refractivity contribution < 1.29 is 0 Å². The number of rotatable bonds is 3. The molecule has 2 unspecified atom stereocenters. The summed E-state index contributed by atoms with van der Waals surface area (Å²) >= 11 is 1.75. The van der Waals surface area contributed by atoms with Crippen molar-refractivity contribution in [2.24, 2.45) is 0 Å². The first-order valence-corrected chi connectivity index (χ1v) is 9.08. The lowest BCUT2D eigenvalue weighted by atomic mass is 9.81. The SMILES string of the molecule is CCNC1CC2CCCC(C1)N2c1ccc2ncsc2c1. The van der Waals surface area contributed by atoms with Crippen LogP contribution >= 0.6 is 11.3 Å². The van der Waals surface area contributed by atoms with E-state index in [2.05, 4.69) is 40.3 Å². The highest BCUT2D eigenvalue weighted by molar-refractivity contribution is 7.16. The average Bonchev–Trinajstić information content (AvgIpc) is 2.94. The second kappa shape index (κ2) is 5.58. The molecule has 3 heterocycles. The van der Waals surface area contributed by atoms with Crippen molar-refractivity contribution in [2.75, 3.05) is 11.4 Å². The third-order valence-corrected chi connectivity index (χ3v) is 5.87. The normalized spacial score (nSPS) is 29.0. The lowest BCUT2D eigenvalue weighted by molar-refractivity contribution is 0.247. The van der Waals surface area contributed by atoms with Crippen molar-refractivity contribution in [3.8, 4) is 0 Å². The molecule has 1 N–H and O–H groups in total. The van der Waals surface area contributed by atoms with Gasteiger partial charge in [-0.2, -0.15) is 0 Å². The Morgan fingerprint density at radius 2 is 2.10 bits per heavy atom. The van der Waals surface area contributed by atoms with Gasteiger partial charge in [0, 0.05) is 23.8 Å². The largest absolute Gasteiger partial charge is 0.365 e. The van der Waals surface area contributed by atoms with Gasteiger partial charge in [0.1, 0.15) is 0 Å². The number of nitrogens with zero attached hydrogens (tertiary/aromatic N) is 2. The van der Waals surface area contributed by atoms with Crippen molar-refractivity contribution in [3.05, 3.63) is 23.7 Å². The molecule has 21 heavy (non-hydrogen) atoms. The number of piperidine rings is 2. The molecule has 2 saturated heterocycles. The summed E-state index contributed by atoms with van der Waals surface area (Å²) in [6.45, 7) is 3.32. The summed E-state index contributed by atoms with van der Waals surface area (Å²) in [5, 5.41) is 3.68. The van der Waals surface area contributed by atoms with E-state index in [1.807, 2.05) is 5.51 Å². The molecule has 112 valence electrons. The lowest BCUT2D eigenvalue weighted by Gasteiger charge is -2.50. The molecule has 0 radical (unpaired) electrons. The topological polar surface area (TPSA) is 28.2 Å². The van der Waals surface area contributed by atoms with E-state index >= 15 is 0 Å². The Kier molecular flexibility index (Phi) is 3.59. The monoisotopic (exact) mass is 301 g/mol. The zero-order chi connectivity index (χ0) is 14.2. The zero-order valence-electron chi connectivity index (χ0n) is 12.6. The van der Waals surface area contributed by atoms with Crippen LogP contribution in [-0.4, -0.2) is 29.7 Å². The second-order valence-electron chi connectivity index (χ2n) is 6.38. The van der Waals surface area contributed by atoms with Gasteiger partial charge in [0.25, 0.3) is 0 Å². The van der Waals surface area contributed by atoms with E-state index in [-0.39, 0.29) is 0 Å². The van der Waals surface area contributed by atoms with Crippen LogP contribution in [0.1, 0.15) is 39.0 Å². The molecule has 0 spiro atoms. The highest BCUT2D eigenvalue weighted by Gasteiger charge is 2.38. The van der Waals surface area contributed by atoms with Crippen molar-refractivity contribution in [3.63, 3.8) is 0 Å². The summed E-state index contributed by atoms with van der Waals surface area (Å²) in [6.07, 6.45) is 6.68. The van der Waals surface area contributed by atoms with Crippen LogP contribution in [0.5, 0.6) is 0 Å². The Labute approximate surface area is 130 Å². The summed E-state index contributed by atoms with van der Waals surface area (Å²) in [4.78, 5) is 7.12. The predicted octanol–water partition coefficient (Wildman–Crippen LogP) is 3.80. The molecule has 2 aromatic rings. The molecule has 0 aliphatic carbocycles. The number of benzene rings is 1. The van der Waals surface area contributed by atoms with Crippen LogP contribution in [0.4, 0.5) is 5.69 Å². The van der Waals surface area contributed by atoms with Crippen molar-refractivity contribution in [1.82, 2.24) is 10.3 Å². The number of aromatic nitrogens is 1. The van der Waals surface area contributed by atoms with Crippen LogP contribution in [0.15, 0.2) is 23.7 Å². The molecule has 0 saturated carbocycles. The van der Waals surface area contributed by atoms with Gasteiger partial charge >= 0.3 is 0 Å². The van der Waals surface area contributed by atoms with E-state index in [0.29, 0.717) is 18.1 Å². The van der Waals surface area contributed by atoms with Crippen LogP contribution in [0.3, 0.4) is 0 Å². The molecule has 1 aromatic carbocycles. The number of nitrogens with one attached hydrogen (secondary N) is 1. The van der Waals surface area contributed by atoms with Crippen molar-refractivity contribution in [1.29, 1.82) is 0 Å². The maximum absolute atomic E-state index is 4.40. The van der Waals surface area contributed by atoms with E-state index < -0.39 is 0 Å². The van der Waals surface area contributed by atoms with Gasteiger partial charge in [-0.1, -0.05) is 6.92 Å². The van der Waals surface area contributed by atoms with Crippen LogP contribution in [0, 0.1) is 0 Å². The standard InChI is InChI=1S/C17H23N3S/c1-2-18-12-8-13-4-3-5-14(9-12)20(13)15-6-7-16-17(10-15)21-11-19-16/h6-7,10-14,18H,2-5,8-9H2,1H3. The van der Waals surface area contributed by atoms with Gasteiger partial charge < -0.3 is 10.2 Å². The van der Waals surface area contributed by atoms with Crippen LogP contribution in [-0.2, 0) is 0 Å².